The Balaban J connectivity index is 2.29. The number of aromatic nitrogens is 1. The third kappa shape index (κ3) is 3.33. The SMILES string of the molecule is COc1ccc(C(=O)O)cc1NC(=O)c1ccc(F)nc1. The fraction of sp³-hybridized carbons (Fsp3) is 0.0714. The minimum Gasteiger partial charge on any atom is -0.495 e. The number of methoxy groups -OCH3 is 1. The van der Waals surface area contributed by atoms with E-state index in [1.54, 1.807) is 0 Å². The van der Waals surface area contributed by atoms with Crippen LogP contribution in [0.5, 0.6) is 5.75 Å². The minimum atomic E-state index is -1.13. The molecule has 2 aromatic rings. The van der Waals surface area contributed by atoms with Crippen LogP contribution < -0.4 is 10.1 Å². The van der Waals surface area contributed by atoms with Gasteiger partial charge >= 0.3 is 5.97 Å². The number of hydrogen-bond donors (Lipinski definition) is 2. The van der Waals surface area contributed by atoms with Gasteiger partial charge in [0.1, 0.15) is 5.75 Å². The Hall–Kier alpha value is -2.96. The van der Waals surface area contributed by atoms with E-state index >= 15 is 0 Å². The van der Waals surface area contributed by atoms with Gasteiger partial charge in [-0.15, -0.1) is 0 Å². The minimum absolute atomic E-state index is 0.00308. The lowest BCUT2D eigenvalue weighted by molar-refractivity contribution is 0.0696. The number of hydrogen-bond acceptors (Lipinski definition) is 4. The molecule has 0 fully saturated rings. The number of carbonyl (C=O) groups excluding carboxylic acids is 1. The van der Waals surface area contributed by atoms with Crippen molar-refractivity contribution in [2.45, 2.75) is 0 Å². The number of nitrogens with one attached hydrogen (secondary N) is 1. The van der Waals surface area contributed by atoms with Crippen LogP contribution in [-0.4, -0.2) is 29.1 Å². The molecule has 0 saturated heterocycles. The first-order valence-corrected chi connectivity index (χ1v) is 5.85. The van der Waals surface area contributed by atoms with Gasteiger partial charge in [-0.25, -0.2) is 9.78 Å². The third-order valence-corrected chi connectivity index (χ3v) is 2.68. The summed E-state index contributed by atoms with van der Waals surface area (Å²) in [6.07, 6.45) is 1.08. The average molecular weight is 290 g/mol. The summed E-state index contributed by atoms with van der Waals surface area (Å²) in [7, 11) is 1.39. The van der Waals surface area contributed by atoms with E-state index < -0.39 is 17.8 Å². The predicted molar refractivity (Wildman–Crippen MR) is 72.1 cm³/mol. The molecule has 0 aliphatic carbocycles. The van der Waals surface area contributed by atoms with E-state index in [0.717, 1.165) is 12.3 Å². The first-order valence-electron chi connectivity index (χ1n) is 5.85. The van der Waals surface area contributed by atoms with Crippen molar-refractivity contribution in [2.24, 2.45) is 0 Å². The van der Waals surface area contributed by atoms with Gasteiger partial charge in [-0.3, -0.25) is 4.79 Å². The molecule has 1 amide bonds. The summed E-state index contributed by atoms with van der Waals surface area (Å²) in [5.41, 5.74) is 0.342. The molecule has 108 valence electrons. The molecular weight excluding hydrogens is 279 g/mol. The average Bonchev–Trinajstić information content (AvgIpc) is 2.47. The molecule has 0 aliphatic heterocycles. The maximum absolute atomic E-state index is 12.7. The molecular formula is C14H11FN2O4. The van der Waals surface area contributed by atoms with E-state index in [9.17, 15) is 14.0 Å². The Morgan fingerprint density at radius 3 is 2.52 bits per heavy atom. The van der Waals surface area contributed by atoms with Crippen molar-refractivity contribution in [1.29, 1.82) is 0 Å². The van der Waals surface area contributed by atoms with Crippen LogP contribution in [-0.2, 0) is 0 Å². The maximum atomic E-state index is 12.7. The van der Waals surface area contributed by atoms with E-state index in [0.29, 0.717) is 5.75 Å². The lowest BCUT2D eigenvalue weighted by atomic mass is 10.1. The number of carbonyl (C=O) groups is 2. The van der Waals surface area contributed by atoms with Crippen LogP contribution in [0.15, 0.2) is 36.5 Å². The van der Waals surface area contributed by atoms with Gasteiger partial charge < -0.3 is 15.2 Å². The van der Waals surface area contributed by atoms with E-state index in [4.69, 9.17) is 9.84 Å². The number of nitrogens with zero attached hydrogens (tertiary/aromatic N) is 1. The van der Waals surface area contributed by atoms with Crippen LogP contribution in [0.3, 0.4) is 0 Å². The van der Waals surface area contributed by atoms with Crippen molar-refractivity contribution in [3.8, 4) is 5.75 Å². The zero-order valence-corrected chi connectivity index (χ0v) is 11.0. The molecule has 0 atom stereocenters. The van der Waals surface area contributed by atoms with Gasteiger partial charge in [0.25, 0.3) is 5.91 Å². The molecule has 6 nitrogen and oxygen atoms in total. The van der Waals surface area contributed by atoms with Crippen LogP contribution in [0, 0.1) is 5.95 Å². The summed E-state index contributed by atoms with van der Waals surface area (Å²) in [5.74, 6) is -2.07. The van der Waals surface area contributed by atoms with Crippen molar-refractivity contribution in [3.63, 3.8) is 0 Å². The van der Waals surface area contributed by atoms with Gasteiger partial charge in [-0.2, -0.15) is 4.39 Å². The summed E-state index contributed by atoms with van der Waals surface area (Å²) < 4.78 is 17.8. The monoisotopic (exact) mass is 290 g/mol. The second-order valence-corrected chi connectivity index (χ2v) is 4.04. The van der Waals surface area contributed by atoms with E-state index in [1.165, 1.54) is 31.4 Å². The lowest BCUT2D eigenvalue weighted by Crippen LogP contribution is -2.13. The summed E-state index contributed by atoms with van der Waals surface area (Å²) in [5, 5.41) is 11.5. The highest BCUT2D eigenvalue weighted by Gasteiger charge is 2.13. The van der Waals surface area contributed by atoms with Gasteiger partial charge in [0.05, 0.1) is 23.9 Å². The number of rotatable bonds is 4. The van der Waals surface area contributed by atoms with Gasteiger partial charge in [-0.1, -0.05) is 0 Å². The standard InChI is InChI=1S/C14H11FN2O4/c1-21-11-4-2-8(14(19)20)6-10(11)17-13(18)9-3-5-12(15)16-7-9/h2-7H,1H3,(H,17,18)(H,19,20). The first kappa shape index (κ1) is 14.4. The molecule has 0 unspecified atom stereocenters. The number of ether oxygens (including phenoxy) is 1. The normalized spacial score (nSPS) is 10.0. The highest BCUT2D eigenvalue weighted by molar-refractivity contribution is 6.05. The summed E-state index contributed by atoms with van der Waals surface area (Å²) in [6, 6.07) is 6.39. The Morgan fingerprint density at radius 1 is 1.24 bits per heavy atom. The van der Waals surface area contributed by atoms with Gasteiger partial charge in [0.2, 0.25) is 5.95 Å². The highest BCUT2D eigenvalue weighted by atomic mass is 19.1. The number of pyridine rings is 1. The quantitative estimate of drug-likeness (QED) is 0.842. The molecule has 1 aromatic carbocycles. The van der Waals surface area contributed by atoms with E-state index in [-0.39, 0.29) is 16.8 Å². The Kier molecular flexibility index (Phi) is 4.13. The molecule has 2 rings (SSSR count). The Morgan fingerprint density at radius 2 is 1.95 bits per heavy atom. The van der Waals surface area contributed by atoms with E-state index in [2.05, 4.69) is 10.3 Å². The number of halogens is 1. The van der Waals surface area contributed by atoms with Crippen molar-refractivity contribution < 1.29 is 23.8 Å². The summed E-state index contributed by atoms with van der Waals surface area (Å²) >= 11 is 0. The molecule has 0 bridgehead atoms. The Bertz CT molecular complexity index is 686. The molecule has 0 radical (unpaired) electrons. The van der Waals surface area contributed by atoms with Crippen LogP contribution in [0.2, 0.25) is 0 Å². The van der Waals surface area contributed by atoms with Gasteiger partial charge in [-0.05, 0) is 30.3 Å². The zero-order valence-electron chi connectivity index (χ0n) is 11.0. The van der Waals surface area contributed by atoms with Crippen molar-refractivity contribution in [2.75, 3.05) is 12.4 Å². The fourth-order valence-corrected chi connectivity index (χ4v) is 1.64. The third-order valence-electron chi connectivity index (χ3n) is 2.68. The molecule has 0 aliphatic rings. The summed E-state index contributed by atoms with van der Waals surface area (Å²) in [6.45, 7) is 0. The van der Waals surface area contributed by atoms with Crippen LogP contribution in [0.4, 0.5) is 10.1 Å². The second-order valence-electron chi connectivity index (χ2n) is 4.04. The summed E-state index contributed by atoms with van der Waals surface area (Å²) in [4.78, 5) is 26.3. The molecule has 21 heavy (non-hydrogen) atoms. The number of carboxylic acids is 1. The van der Waals surface area contributed by atoms with E-state index in [1.807, 2.05) is 0 Å². The molecule has 7 heteroatoms. The predicted octanol–water partition coefficient (Wildman–Crippen LogP) is 2.18. The van der Waals surface area contributed by atoms with Gasteiger partial charge in [0, 0.05) is 6.20 Å². The van der Waals surface area contributed by atoms with Crippen molar-refractivity contribution >= 4 is 17.6 Å². The second kappa shape index (κ2) is 6.00. The smallest absolute Gasteiger partial charge is 0.335 e. The Labute approximate surface area is 119 Å². The van der Waals surface area contributed by atoms with Gasteiger partial charge in [0.15, 0.2) is 0 Å². The van der Waals surface area contributed by atoms with Crippen molar-refractivity contribution in [1.82, 2.24) is 4.98 Å². The number of benzene rings is 1. The number of aromatic carboxylic acids is 1. The highest BCUT2D eigenvalue weighted by Crippen LogP contribution is 2.26. The number of carboxylic acid groups (broad SMARTS) is 1. The van der Waals surface area contributed by atoms with Crippen molar-refractivity contribution in [3.05, 3.63) is 53.6 Å². The van der Waals surface area contributed by atoms with Crippen LogP contribution in [0.25, 0.3) is 0 Å². The molecule has 0 spiro atoms. The topological polar surface area (TPSA) is 88.5 Å². The van der Waals surface area contributed by atoms with Crippen LogP contribution in [0.1, 0.15) is 20.7 Å². The number of anilines is 1. The van der Waals surface area contributed by atoms with Crippen LogP contribution >= 0.6 is 0 Å². The fourth-order valence-electron chi connectivity index (χ4n) is 1.64. The number of amides is 1. The molecule has 0 saturated carbocycles. The molecule has 1 aromatic heterocycles. The molecule has 1 heterocycles. The molecule has 2 N–H and O–H groups in total. The zero-order chi connectivity index (χ0) is 15.4. The first-order chi connectivity index (χ1) is 10.0. The lowest BCUT2D eigenvalue weighted by Gasteiger charge is -2.11. The largest absolute Gasteiger partial charge is 0.495 e. The maximum Gasteiger partial charge on any atom is 0.335 e.